The first kappa shape index (κ1) is 23.1. The maximum Gasteiger partial charge on any atom is 0.317 e. The van der Waals surface area contributed by atoms with Crippen LogP contribution in [0.15, 0.2) is 66.9 Å². The Labute approximate surface area is 202 Å². The normalized spacial score (nSPS) is 20.0. The van der Waals surface area contributed by atoms with Crippen LogP contribution in [-0.2, 0) is 16.1 Å². The number of hydrogen-bond acceptors (Lipinski definition) is 7. The Balaban J connectivity index is 1.46. The number of nitrogens with two attached hydrogens (primary N) is 1. The highest BCUT2D eigenvalue weighted by Gasteiger charge is 2.34. The molecule has 0 saturated carbocycles. The quantitative estimate of drug-likeness (QED) is 0.411. The number of nitrogens with zero attached hydrogens (tertiary/aromatic N) is 3. The number of benzene rings is 2. The minimum absolute atomic E-state index is 0.233. The molecule has 3 N–H and O–H groups in total. The highest BCUT2D eigenvalue weighted by molar-refractivity contribution is 5.76. The zero-order chi connectivity index (χ0) is 24.3. The summed E-state index contributed by atoms with van der Waals surface area (Å²) in [5.41, 5.74) is 9.12. The zero-order valence-corrected chi connectivity index (χ0v) is 19.3. The molecule has 1 saturated heterocycles. The Morgan fingerprint density at radius 2 is 1.80 bits per heavy atom. The van der Waals surface area contributed by atoms with E-state index in [1.54, 1.807) is 24.4 Å². The molecule has 0 spiro atoms. The van der Waals surface area contributed by atoms with Gasteiger partial charge in [0.2, 0.25) is 6.29 Å². The molecule has 0 aliphatic carbocycles. The minimum atomic E-state index is -0.682. The van der Waals surface area contributed by atoms with Crippen LogP contribution in [0.5, 0.6) is 6.01 Å². The van der Waals surface area contributed by atoms with Crippen LogP contribution in [-0.4, -0.2) is 39.7 Å². The summed E-state index contributed by atoms with van der Waals surface area (Å²) in [6, 6.07) is 17.9. The molecule has 0 atom stereocenters. The third-order valence-electron chi connectivity index (χ3n) is 5.82. The predicted octanol–water partition coefficient (Wildman–Crippen LogP) is 4.26. The highest BCUT2D eigenvalue weighted by atomic mass is 19.1. The Bertz CT molecular complexity index is 1270. The van der Waals surface area contributed by atoms with Crippen molar-refractivity contribution in [3.05, 3.63) is 84.1 Å². The molecule has 1 fully saturated rings. The average molecular weight is 476 g/mol. The molecule has 5 rings (SSSR count). The van der Waals surface area contributed by atoms with Crippen LogP contribution in [0.1, 0.15) is 24.6 Å². The largest absolute Gasteiger partial charge is 0.459 e. The lowest BCUT2D eigenvalue weighted by Gasteiger charge is -2.35. The predicted molar refractivity (Wildman–Crippen MR) is 128 cm³/mol. The van der Waals surface area contributed by atoms with Gasteiger partial charge in [0, 0.05) is 23.7 Å². The van der Waals surface area contributed by atoms with Gasteiger partial charge in [0.05, 0.1) is 30.3 Å². The SMILES string of the molecule is CC1(CN)COC(c2nc(-c3ccc(F)cc3)c(-c3ccnc(OCc4ccccc4)n3)[nH]2)OC1. The maximum absolute atomic E-state index is 13.6. The van der Waals surface area contributed by atoms with Crippen LogP contribution >= 0.6 is 0 Å². The van der Waals surface area contributed by atoms with Crippen LogP contribution in [0.4, 0.5) is 4.39 Å². The summed E-state index contributed by atoms with van der Waals surface area (Å²) in [5.74, 6) is 0.161. The van der Waals surface area contributed by atoms with Gasteiger partial charge >= 0.3 is 6.01 Å². The lowest BCUT2D eigenvalue weighted by molar-refractivity contribution is -0.231. The molecule has 180 valence electrons. The topological polar surface area (TPSA) is 108 Å². The van der Waals surface area contributed by atoms with Crippen molar-refractivity contribution in [3.63, 3.8) is 0 Å². The number of imidazole rings is 1. The molecule has 0 radical (unpaired) electrons. The number of nitrogens with one attached hydrogen (secondary N) is 1. The van der Waals surface area contributed by atoms with Gasteiger partial charge in [-0.15, -0.1) is 0 Å². The van der Waals surface area contributed by atoms with E-state index in [1.165, 1.54) is 12.1 Å². The van der Waals surface area contributed by atoms with E-state index < -0.39 is 6.29 Å². The highest BCUT2D eigenvalue weighted by Crippen LogP contribution is 2.35. The van der Waals surface area contributed by atoms with Gasteiger partial charge in [0.25, 0.3) is 0 Å². The number of hydrogen-bond donors (Lipinski definition) is 2. The van der Waals surface area contributed by atoms with Crippen LogP contribution in [0.25, 0.3) is 22.6 Å². The van der Waals surface area contributed by atoms with E-state index in [0.717, 1.165) is 11.1 Å². The van der Waals surface area contributed by atoms with E-state index in [-0.39, 0.29) is 17.2 Å². The number of aromatic nitrogens is 4. The summed E-state index contributed by atoms with van der Waals surface area (Å²) in [6.45, 7) is 3.70. The number of rotatable bonds is 7. The van der Waals surface area contributed by atoms with E-state index in [2.05, 4.69) is 15.0 Å². The van der Waals surface area contributed by atoms with Crippen molar-refractivity contribution in [3.8, 4) is 28.7 Å². The van der Waals surface area contributed by atoms with Gasteiger partial charge in [0.15, 0.2) is 5.82 Å². The van der Waals surface area contributed by atoms with Gasteiger partial charge in [-0.2, -0.15) is 4.98 Å². The molecule has 4 aromatic rings. The molecule has 35 heavy (non-hydrogen) atoms. The summed E-state index contributed by atoms with van der Waals surface area (Å²) >= 11 is 0. The number of H-pyrrole nitrogens is 1. The van der Waals surface area contributed by atoms with E-state index in [9.17, 15) is 4.39 Å². The molecule has 3 heterocycles. The minimum Gasteiger partial charge on any atom is -0.459 e. The van der Waals surface area contributed by atoms with Crippen molar-refractivity contribution < 1.29 is 18.6 Å². The summed E-state index contributed by atoms with van der Waals surface area (Å²) < 4.78 is 31.3. The molecule has 0 unspecified atom stereocenters. The Morgan fingerprint density at radius 3 is 2.51 bits per heavy atom. The fourth-order valence-electron chi connectivity index (χ4n) is 3.70. The summed E-state index contributed by atoms with van der Waals surface area (Å²) in [6.07, 6.45) is 0.941. The fourth-order valence-corrected chi connectivity index (χ4v) is 3.70. The second kappa shape index (κ2) is 9.91. The molecular formula is C26H26FN5O3. The van der Waals surface area contributed by atoms with E-state index in [4.69, 9.17) is 24.9 Å². The zero-order valence-electron chi connectivity index (χ0n) is 19.3. The van der Waals surface area contributed by atoms with Gasteiger partial charge in [0.1, 0.15) is 12.4 Å². The van der Waals surface area contributed by atoms with Crippen molar-refractivity contribution in [2.45, 2.75) is 19.8 Å². The second-order valence-electron chi connectivity index (χ2n) is 8.82. The van der Waals surface area contributed by atoms with Crippen LogP contribution < -0.4 is 10.5 Å². The second-order valence-corrected chi connectivity index (χ2v) is 8.82. The van der Waals surface area contributed by atoms with Crippen LogP contribution in [0.3, 0.4) is 0 Å². The maximum atomic E-state index is 13.6. The molecule has 1 aliphatic heterocycles. The third-order valence-corrected chi connectivity index (χ3v) is 5.82. The molecule has 0 amide bonds. The monoisotopic (exact) mass is 475 g/mol. The molecule has 1 aliphatic rings. The summed E-state index contributed by atoms with van der Waals surface area (Å²) in [4.78, 5) is 16.9. The molecule has 2 aromatic heterocycles. The molecule has 9 heteroatoms. The van der Waals surface area contributed by atoms with Crippen molar-refractivity contribution in [1.29, 1.82) is 0 Å². The van der Waals surface area contributed by atoms with Gasteiger partial charge in [-0.1, -0.05) is 37.3 Å². The molecule has 2 aromatic carbocycles. The summed E-state index contributed by atoms with van der Waals surface area (Å²) in [7, 11) is 0. The van der Waals surface area contributed by atoms with E-state index >= 15 is 0 Å². The van der Waals surface area contributed by atoms with Crippen molar-refractivity contribution in [2.75, 3.05) is 19.8 Å². The molecule has 0 bridgehead atoms. The Kier molecular flexibility index (Phi) is 6.54. The van der Waals surface area contributed by atoms with E-state index in [0.29, 0.717) is 49.3 Å². The van der Waals surface area contributed by atoms with Crippen molar-refractivity contribution in [1.82, 2.24) is 19.9 Å². The van der Waals surface area contributed by atoms with Gasteiger partial charge < -0.3 is 24.9 Å². The lowest BCUT2D eigenvalue weighted by Crippen LogP contribution is -2.42. The first-order valence-corrected chi connectivity index (χ1v) is 11.3. The fraction of sp³-hybridized carbons (Fsp3) is 0.269. The number of aromatic amines is 1. The number of ether oxygens (including phenoxy) is 3. The summed E-state index contributed by atoms with van der Waals surface area (Å²) in [5, 5.41) is 0. The van der Waals surface area contributed by atoms with Gasteiger partial charge in [-0.3, -0.25) is 0 Å². The van der Waals surface area contributed by atoms with Crippen molar-refractivity contribution >= 4 is 0 Å². The average Bonchev–Trinajstić information content (AvgIpc) is 3.35. The van der Waals surface area contributed by atoms with Crippen LogP contribution in [0.2, 0.25) is 0 Å². The smallest absolute Gasteiger partial charge is 0.317 e. The Morgan fingerprint density at radius 1 is 1.06 bits per heavy atom. The van der Waals surface area contributed by atoms with Crippen LogP contribution in [0, 0.1) is 11.2 Å². The Hall–Kier alpha value is -3.66. The molecular weight excluding hydrogens is 449 g/mol. The third kappa shape index (κ3) is 5.22. The van der Waals surface area contributed by atoms with Crippen molar-refractivity contribution in [2.24, 2.45) is 11.1 Å². The van der Waals surface area contributed by atoms with Gasteiger partial charge in [-0.05, 0) is 35.9 Å². The van der Waals surface area contributed by atoms with Gasteiger partial charge in [-0.25, -0.2) is 14.4 Å². The first-order valence-electron chi connectivity index (χ1n) is 11.3. The van der Waals surface area contributed by atoms with E-state index in [1.807, 2.05) is 37.3 Å². The standard InChI is InChI=1S/C26H26FN5O3/c1-26(14-28)15-34-24(35-16-26)23-31-21(18-7-9-19(27)10-8-18)22(32-23)20-11-12-29-25(30-20)33-13-17-5-3-2-4-6-17/h2-12,24H,13-16,28H2,1H3,(H,31,32). The lowest BCUT2D eigenvalue weighted by atomic mass is 9.93. The first-order chi connectivity index (χ1) is 17.0. The molecule has 8 nitrogen and oxygen atoms in total. The number of halogens is 1.